The van der Waals surface area contributed by atoms with Crippen molar-refractivity contribution in [3.05, 3.63) is 0 Å². The molecule has 1 aliphatic heterocycles. The molecule has 2 atom stereocenters. The van der Waals surface area contributed by atoms with Gasteiger partial charge in [-0.1, -0.05) is 20.8 Å². The SMILES string of the molecule is CCN1CC(F)C[C@H]1C(C)C. The van der Waals surface area contributed by atoms with Crippen LogP contribution in [0, 0.1) is 5.92 Å². The molecule has 0 saturated carbocycles. The van der Waals surface area contributed by atoms with Gasteiger partial charge in [0.2, 0.25) is 0 Å². The number of halogens is 1. The van der Waals surface area contributed by atoms with Gasteiger partial charge in [0.15, 0.2) is 0 Å². The number of likely N-dealkylation sites (tertiary alicyclic amines) is 1. The van der Waals surface area contributed by atoms with Crippen molar-refractivity contribution < 1.29 is 4.39 Å². The second kappa shape index (κ2) is 3.53. The van der Waals surface area contributed by atoms with Crippen molar-refractivity contribution in [2.24, 2.45) is 5.92 Å². The topological polar surface area (TPSA) is 3.24 Å². The zero-order valence-corrected chi connectivity index (χ0v) is 7.68. The Bertz CT molecular complexity index is 125. The van der Waals surface area contributed by atoms with Crippen LogP contribution in [0.5, 0.6) is 0 Å². The molecule has 1 aliphatic rings. The van der Waals surface area contributed by atoms with E-state index in [9.17, 15) is 4.39 Å². The van der Waals surface area contributed by atoms with Gasteiger partial charge in [-0.3, -0.25) is 4.90 Å². The first-order valence-corrected chi connectivity index (χ1v) is 4.53. The molecule has 0 bridgehead atoms. The van der Waals surface area contributed by atoms with Crippen molar-refractivity contribution in [1.29, 1.82) is 0 Å². The van der Waals surface area contributed by atoms with Crippen LogP contribution in [0.1, 0.15) is 27.2 Å². The van der Waals surface area contributed by atoms with Crippen molar-refractivity contribution in [2.45, 2.75) is 39.4 Å². The predicted molar refractivity (Wildman–Crippen MR) is 45.4 cm³/mol. The summed E-state index contributed by atoms with van der Waals surface area (Å²) in [5.74, 6) is 0.593. The standard InChI is InChI=1S/C9H18FN/c1-4-11-6-8(10)5-9(11)7(2)3/h7-9H,4-6H2,1-3H3/t8?,9-/m0/s1. The molecule has 0 spiro atoms. The highest BCUT2D eigenvalue weighted by atomic mass is 19.1. The van der Waals surface area contributed by atoms with Crippen LogP contribution in [0.2, 0.25) is 0 Å². The van der Waals surface area contributed by atoms with Gasteiger partial charge in [-0.2, -0.15) is 0 Å². The summed E-state index contributed by atoms with van der Waals surface area (Å²) in [6.45, 7) is 8.09. The highest BCUT2D eigenvalue weighted by Gasteiger charge is 2.32. The third kappa shape index (κ3) is 1.92. The molecule has 11 heavy (non-hydrogen) atoms. The van der Waals surface area contributed by atoms with Crippen molar-refractivity contribution in [3.8, 4) is 0 Å². The lowest BCUT2D eigenvalue weighted by atomic mass is 10.0. The first kappa shape index (κ1) is 8.98. The summed E-state index contributed by atoms with van der Waals surface area (Å²) in [5, 5.41) is 0. The van der Waals surface area contributed by atoms with E-state index in [4.69, 9.17) is 0 Å². The van der Waals surface area contributed by atoms with E-state index < -0.39 is 6.17 Å². The molecule has 2 heteroatoms. The zero-order chi connectivity index (χ0) is 8.43. The Morgan fingerprint density at radius 1 is 1.55 bits per heavy atom. The molecule has 0 radical (unpaired) electrons. The average molecular weight is 159 g/mol. The molecule has 1 saturated heterocycles. The molecule has 1 fully saturated rings. The number of nitrogens with zero attached hydrogens (tertiary/aromatic N) is 1. The van der Waals surface area contributed by atoms with Crippen LogP contribution >= 0.6 is 0 Å². The Balaban J connectivity index is 2.50. The van der Waals surface area contributed by atoms with Gasteiger partial charge in [0.05, 0.1) is 0 Å². The fourth-order valence-electron chi connectivity index (χ4n) is 1.93. The summed E-state index contributed by atoms with van der Waals surface area (Å²) in [6, 6.07) is 0.481. The lowest BCUT2D eigenvalue weighted by Gasteiger charge is -2.25. The van der Waals surface area contributed by atoms with Gasteiger partial charge in [0.25, 0.3) is 0 Å². The van der Waals surface area contributed by atoms with Crippen molar-refractivity contribution in [3.63, 3.8) is 0 Å². The van der Waals surface area contributed by atoms with Crippen LogP contribution in [0.15, 0.2) is 0 Å². The van der Waals surface area contributed by atoms with E-state index >= 15 is 0 Å². The summed E-state index contributed by atoms with van der Waals surface area (Å²) in [7, 11) is 0. The molecule has 0 aromatic carbocycles. The average Bonchev–Trinajstić information content (AvgIpc) is 2.30. The second-order valence-electron chi connectivity index (χ2n) is 3.73. The van der Waals surface area contributed by atoms with Crippen molar-refractivity contribution in [1.82, 2.24) is 4.90 Å². The fourth-order valence-corrected chi connectivity index (χ4v) is 1.93. The van der Waals surface area contributed by atoms with Crippen molar-refractivity contribution in [2.75, 3.05) is 13.1 Å². The first-order valence-electron chi connectivity index (χ1n) is 4.53. The largest absolute Gasteiger partial charge is 0.297 e. The third-order valence-corrected chi connectivity index (χ3v) is 2.57. The lowest BCUT2D eigenvalue weighted by molar-refractivity contribution is 0.214. The Morgan fingerprint density at radius 3 is 2.55 bits per heavy atom. The zero-order valence-electron chi connectivity index (χ0n) is 7.68. The van der Waals surface area contributed by atoms with Crippen LogP contribution < -0.4 is 0 Å². The monoisotopic (exact) mass is 159 g/mol. The van der Waals surface area contributed by atoms with E-state index in [1.807, 2.05) is 0 Å². The number of rotatable bonds is 2. The Labute approximate surface area is 68.6 Å². The highest BCUT2D eigenvalue weighted by Crippen LogP contribution is 2.25. The van der Waals surface area contributed by atoms with Crippen LogP contribution in [-0.2, 0) is 0 Å². The molecule has 66 valence electrons. The molecule has 0 aliphatic carbocycles. The van der Waals surface area contributed by atoms with Gasteiger partial charge in [-0.15, -0.1) is 0 Å². The first-order chi connectivity index (χ1) is 5.15. The predicted octanol–water partition coefficient (Wildman–Crippen LogP) is 2.07. The minimum absolute atomic E-state index is 0.481. The van der Waals surface area contributed by atoms with E-state index in [0.717, 1.165) is 13.0 Å². The number of hydrogen-bond donors (Lipinski definition) is 0. The third-order valence-electron chi connectivity index (χ3n) is 2.57. The summed E-state index contributed by atoms with van der Waals surface area (Å²) in [4.78, 5) is 2.25. The maximum Gasteiger partial charge on any atom is 0.114 e. The minimum atomic E-state index is -0.581. The van der Waals surface area contributed by atoms with Crippen LogP contribution in [0.4, 0.5) is 4.39 Å². The van der Waals surface area contributed by atoms with Crippen LogP contribution in [0.25, 0.3) is 0 Å². The smallest absolute Gasteiger partial charge is 0.114 e. The van der Waals surface area contributed by atoms with Gasteiger partial charge >= 0.3 is 0 Å². The van der Waals surface area contributed by atoms with Crippen LogP contribution in [0.3, 0.4) is 0 Å². The van der Waals surface area contributed by atoms with E-state index in [1.165, 1.54) is 0 Å². The molecule has 0 N–H and O–H groups in total. The molecule has 0 amide bonds. The van der Waals surface area contributed by atoms with E-state index in [1.54, 1.807) is 0 Å². The number of alkyl halides is 1. The summed E-state index contributed by atoms with van der Waals surface area (Å²) < 4.78 is 12.9. The van der Waals surface area contributed by atoms with Gasteiger partial charge in [-0.05, 0) is 18.9 Å². The van der Waals surface area contributed by atoms with E-state index in [0.29, 0.717) is 18.5 Å². The second-order valence-corrected chi connectivity index (χ2v) is 3.73. The fraction of sp³-hybridized carbons (Fsp3) is 1.00. The Kier molecular flexibility index (Phi) is 2.88. The molecule has 1 nitrogen and oxygen atoms in total. The van der Waals surface area contributed by atoms with Gasteiger partial charge in [0.1, 0.15) is 6.17 Å². The minimum Gasteiger partial charge on any atom is -0.297 e. The quantitative estimate of drug-likeness (QED) is 0.596. The molecule has 1 rings (SSSR count). The van der Waals surface area contributed by atoms with E-state index in [2.05, 4.69) is 25.7 Å². The molecule has 0 aromatic rings. The molecule has 0 aromatic heterocycles. The van der Waals surface area contributed by atoms with Crippen molar-refractivity contribution >= 4 is 0 Å². The number of hydrogen-bond acceptors (Lipinski definition) is 1. The maximum absolute atomic E-state index is 12.9. The Hall–Kier alpha value is -0.110. The molecule has 1 unspecified atom stereocenters. The van der Waals surface area contributed by atoms with Gasteiger partial charge < -0.3 is 0 Å². The van der Waals surface area contributed by atoms with E-state index in [-0.39, 0.29) is 0 Å². The lowest BCUT2D eigenvalue weighted by Crippen LogP contribution is -2.33. The van der Waals surface area contributed by atoms with Gasteiger partial charge in [0, 0.05) is 12.6 Å². The highest BCUT2D eigenvalue weighted by molar-refractivity contribution is 4.86. The normalized spacial score (nSPS) is 33.5. The Morgan fingerprint density at radius 2 is 2.18 bits per heavy atom. The summed E-state index contributed by atoms with van der Waals surface area (Å²) in [5.41, 5.74) is 0. The maximum atomic E-state index is 12.9. The molecular formula is C9H18FN. The molecule has 1 heterocycles. The van der Waals surface area contributed by atoms with Gasteiger partial charge in [-0.25, -0.2) is 4.39 Å². The van der Waals surface area contributed by atoms with Crippen LogP contribution in [-0.4, -0.2) is 30.2 Å². The summed E-state index contributed by atoms with van der Waals surface area (Å²) in [6.07, 6.45) is 0.160. The molecular weight excluding hydrogens is 141 g/mol. The summed E-state index contributed by atoms with van der Waals surface area (Å²) >= 11 is 0.